The monoisotopic (exact) mass is 319 g/mol. The molecule has 0 saturated heterocycles. The summed E-state index contributed by atoms with van der Waals surface area (Å²) in [6.07, 6.45) is -0.200. The van der Waals surface area contributed by atoms with Gasteiger partial charge >= 0.3 is 0 Å². The van der Waals surface area contributed by atoms with Crippen molar-refractivity contribution in [1.29, 1.82) is 0 Å². The largest absolute Gasteiger partial charge is 0.383 e. The van der Waals surface area contributed by atoms with E-state index < -0.39 is 6.10 Å². The molecule has 2 heterocycles. The van der Waals surface area contributed by atoms with Gasteiger partial charge < -0.3 is 5.11 Å². The maximum Gasteiger partial charge on any atom is 0.150 e. The Kier molecular flexibility index (Phi) is 3.48. The van der Waals surface area contributed by atoms with Gasteiger partial charge in [0.15, 0.2) is 0 Å². The summed E-state index contributed by atoms with van der Waals surface area (Å²) in [5.74, 6) is 0. The maximum absolute atomic E-state index is 11.6. The van der Waals surface area contributed by atoms with Crippen LogP contribution in [0, 0.1) is 0 Å². The molecule has 112 valence electrons. The molecular formula is C19H13NO2S. The van der Waals surface area contributed by atoms with E-state index in [0.29, 0.717) is 11.1 Å². The van der Waals surface area contributed by atoms with Crippen molar-refractivity contribution in [2.45, 2.75) is 11.1 Å². The van der Waals surface area contributed by atoms with Gasteiger partial charge in [-0.3, -0.25) is 4.79 Å². The zero-order chi connectivity index (χ0) is 15.8. The number of benzene rings is 2. The summed E-state index contributed by atoms with van der Waals surface area (Å²) in [5, 5.41) is 12.4. The van der Waals surface area contributed by atoms with Crippen LogP contribution in [0.1, 0.15) is 17.2 Å². The van der Waals surface area contributed by atoms with Crippen LogP contribution in [0.5, 0.6) is 0 Å². The average Bonchev–Trinajstić information content (AvgIpc) is 2.61. The normalized spacial score (nSPS) is 17.2. The first kappa shape index (κ1) is 14.2. The van der Waals surface area contributed by atoms with E-state index in [1.807, 2.05) is 60.7 Å². The van der Waals surface area contributed by atoms with E-state index in [-0.39, 0.29) is 0 Å². The highest BCUT2D eigenvalue weighted by molar-refractivity contribution is 8.08. The molecule has 3 nitrogen and oxygen atoms in total. The molecular weight excluding hydrogens is 306 g/mol. The quantitative estimate of drug-likeness (QED) is 0.726. The summed E-state index contributed by atoms with van der Waals surface area (Å²) >= 11 is 1.44. The van der Waals surface area contributed by atoms with Crippen molar-refractivity contribution in [3.05, 3.63) is 77.4 Å². The lowest BCUT2D eigenvalue weighted by Gasteiger charge is -2.24. The minimum absolute atomic E-state index is 0.394. The summed E-state index contributed by atoms with van der Waals surface area (Å²) in [6.45, 7) is 0. The smallest absolute Gasteiger partial charge is 0.150 e. The molecule has 0 bridgehead atoms. The molecule has 1 aliphatic heterocycles. The molecule has 0 spiro atoms. The van der Waals surface area contributed by atoms with E-state index in [4.69, 9.17) is 0 Å². The Morgan fingerprint density at radius 1 is 1.04 bits per heavy atom. The Hall–Kier alpha value is -2.43. The number of pyridine rings is 1. The number of hydrogen-bond acceptors (Lipinski definition) is 4. The van der Waals surface area contributed by atoms with Gasteiger partial charge in [-0.2, -0.15) is 0 Å². The predicted octanol–water partition coefficient (Wildman–Crippen LogP) is 3.98. The van der Waals surface area contributed by atoms with Gasteiger partial charge in [-0.1, -0.05) is 60.3 Å². The molecule has 1 aromatic heterocycles. The second-order valence-corrected chi connectivity index (χ2v) is 6.35. The van der Waals surface area contributed by atoms with Crippen molar-refractivity contribution in [3.63, 3.8) is 0 Å². The number of fused-ring (bicyclic) bond motifs is 2. The minimum Gasteiger partial charge on any atom is -0.383 e. The number of rotatable bonds is 2. The molecule has 1 aliphatic rings. The lowest BCUT2D eigenvalue weighted by Crippen LogP contribution is -2.11. The van der Waals surface area contributed by atoms with Gasteiger partial charge in [-0.05, 0) is 17.7 Å². The highest BCUT2D eigenvalue weighted by atomic mass is 32.2. The molecule has 3 aromatic rings. The van der Waals surface area contributed by atoms with Crippen LogP contribution < -0.4 is 0 Å². The Bertz CT molecular complexity index is 935. The summed E-state index contributed by atoms with van der Waals surface area (Å²) < 4.78 is 0. The van der Waals surface area contributed by atoms with Gasteiger partial charge in [0, 0.05) is 21.4 Å². The predicted molar refractivity (Wildman–Crippen MR) is 92.0 cm³/mol. The lowest BCUT2D eigenvalue weighted by atomic mass is 9.99. The first-order valence-corrected chi connectivity index (χ1v) is 8.10. The molecule has 2 aromatic carbocycles. The van der Waals surface area contributed by atoms with Gasteiger partial charge in [-0.25, -0.2) is 4.98 Å². The van der Waals surface area contributed by atoms with Crippen LogP contribution in [0.25, 0.3) is 15.8 Å². The first-order chi connectivity index (χ1) is 11.3. The van der Waals surface area contributed by atoms with Crippen LogP contribution >= 0.6 is 11.8 Å². The van der Waals surface area contributed by atoms with Crippen molar-refractivity contribution in [2.24, 2.45) is 0 Å². The van der Waals surface area contributed by atoms with E-state index in [9.17, 15) is 9.90 Å². The molecule has 1 N–H and O–H groups in total. The van der Waals surface area contributed by atoms with Gasteiger partial charge in [0.2, 0.25) is 0 Å². The second kappa shape index (κ2) is 5.65. The molecule has 0 fully saturated rings. The van der Waals surface area contributed by atoms with E-state index >= 15 is 0 Å². The number of aliphatic hydroxyl groups is 1. The molecule has 4 heteroatoms. The van der Waals surface area contributed by atoms with Gasteiger partial charge in [0.1, 0.15) is 17.4 Å². The molecule has 0 aliphatic carbocycles. The SMILES string of the molecule is O=CC1=C(c2ccccc2)Sc2nc3ccccc3cc2C1O. The number of thioether (sulfide) groups is 1. The number of carbonyl (C=O) groups excluding carboxylic acids is 1. The van der Waals surface area contributed by atoms with Crippen molar-refractivity contribution in [3.8, 4) is 0 Å². The fraction of sp³-hybridized carbons (Fsp3) is 0.0526. The van der Waals surface area contributed by atoms with E-state index in [1.165, 1.54) is 11.8 Å². The Labute approximate surface area is 137 Å². The van der Waals surface area contributed by atoms with Crippen LogP contribution in [-0.4, -0.2) is 16.4 Å². The number of hydrogen-bond donors (Lipinski definition) is 1. The van der Waals surface area contributed by atoms with E-state index in [0.717, 1.165) is 32.7 Å². The average molecular weight is 319 g/mol. The summed E-state index contributed by atoms with van der Waals surface area (Å²) in [7, 11) is 0. The van der Waals surface area contributed by atoms with Crippen LogP contribution in [0.4, 0.5) is 0 Å². The molecule has 4 rings (SSSR count). The Balaban J connectivity index is 1.92. The minimum atomic E-state index is -0.948. The maximum atomic E-state index is 11.6. The van der Waals surface area contributed by atoms with Crippen LogP contribution in [0.15, 0.2) is 71.3 Å². The second-order valence-electron chi connectivity index (χ2n) is 5.35. The first-order valence-electron chi connectivity index (χ1n) is 7.28. The third-order valence-corrected chi connectivity index (χ3v) is 5.13. The molecule has 0 amide bonds. The third-order valence-electron chi connectivity index (χ3n) is 3.93. The van der Waals surface area contributed by atoms with Crippen LogP contribution in [0.2, 0.25) is 0 Å². The third kappa shape index (κ3) is 2.36. The molecule has 0 saturated carbocycles. The molecule has 0 radical (unpaired) electrons. The molecule has 23 heavy (non-hydrogen) atoms. The number of nitrogens with zero attached hydrogens (tertiary/aromatic N) is 1. The summed E-state index contributed by atoms with van der Waals surface area (Å²) in [5.41, 5.74) is 2.88. The fourth-order valence-corrected chi connectivity index (χ4v) is 3.93. The number of aldehydes is 1. The van der Waals surface area contributed by atoms with Crippen molar-refractivity contribution in [1.82, 2.24) is 4.98 Å². The number of para-hydroxylation sites is 1. The van der Waals surface area contributed by atoms with Gasteiger partial charge in [0.25, 0.3) is 0 Å². The van der Waals surface area contributed by atoms with Gasteiger partial charge in [0.05, 0.1) is 5.52 Å². The number of carbonyl (C=O) groups is 1. The number of aromatic nitrogens is 1. The lowest BCUT2D eigenvalue weighted by molar-refractivity contribution is -0.105. The molecule has 1 atom stereocenters. The summed E-state index contributed by atoms with van der Waals surface area (Å²) in [4.78, 5) is 17.0. The summed E-state index contributed by atoms with van der Waals surface area (Å²) in [6, 6.07) is 19.3. The van der Waals surface area contributed by atoms with Crippen LogP contribution in [0.3, 0.4) is 0 Å². The topological polar surface area (TPSA) is 50.2 Å². The van der Waals surface area contributed by atoms with Gasteiger partial charge in [-0.15, -0.1) is 0 Å². The van der Waals surface area contributed by atoms with E-state index in [1.54, 1.807) is 0 Å². The van der Waals surface area contributed by atoms with Crippen molar-refractivity contribution >= 4 is 33.9 Å². The highest BCUT2D eigenvalue weighted by Crippen LogP contribution is 2.47. The standard InChI is InChI=1S/C19H13NO2S/c21-11-15-17(22)14-10-13-8-4-5-9-16(13)20-19(14)23-18(15)12-6-2-1-3-7-12/h1-11,17,22H. The van der Waals surface area contributed by atoms with Crippen LogP contribution in [-0.2, 0) is 4.79 Å². The Morgan fingerprint density at radius 2 is 1.78 bits per heavy atom. The fourth-order valence-electron chi connectivity index (χ4n) is 2.77. The highest BCUT2D eigenvalue weighted by Gasteiger charge is 2.29. The Morgan fingerprint density at radius 3 is 2.57 bits per heavy atom. The zero-order valence-electron chi connectivity index (χ0n) is 12.1. The van der Waals surface area contributed by atoms with E-state index in [2.05, 4.69) is 4.98 Å². The zero-order valence-corrected chi connectivity index (χ0v) is 13.0. The van der Waals surface area contributed by atoms with Crippen molar-refractivity contribution in [2.75, 3.05) is 0 Å². The van der Waals surface area contributed by atoms with Crippen molar-refractivity contribution < 1.29 is 9.90 Å². The molecule has 1 unspecified atom stereocenters. The number of aliphatic hydroxyl groups excluding tert-OH is 1.